The molecule has 0 spiro atoms. The van der Waals surface area contributed by atoms with Gasteiger partial charge in [0.15, 0.2) is 15.8 Å². The number of rotatable bonds is 12. The predicted octanol–water partition coefficient (Wildman–Crippen LogP) is 8.01. The summed E-state index contributed by atoms with van der Waals surface area (Å²) in [5.41, 5.74) is 2.89. The van der Waals surface area contributed by atoms with E-state index in [4.69, 9.17) is 25.8 Å². The van der Waals surface area contributed by atoms with Gasteiger partial charge in [0.05, 0.1) is 25.3 Å². The van der Waals surface area contributed by atoms with Crippen LogP contribution in [0.3, 0.4) is 0 Å². The van der Waals surface area contributed by atoms with Gasteiger partial charge in [0, 0.05) is 22.8 Å². The molecule has 0 aliphatic carbocycles. The molecule has 6 rings (SSSR count). The Morgan fingerprint density at radius 3 is 2.66 bits per heavy atom. The quantitative estimate of drug-likeness (QED) is 0.0394. The molecular formula is C35H34ClN3O6S2. The molecule has 1 N–H and O–H groups in total. The van der Waals surface area contributed by atoms with Crippen molar-refractivity contribution in [2.75, 3.05) is 18.6 Å². The number of hydrogen-bond donors (Lipinski definition) is 1. The Morgan fingerprint density at radius 1 is 1.09 bits per heavy atom. The zero-order valence-electron chi connectivity index (χ0n) is 26.2. The highest BCUT2D eigenvalue weighted by molar-refractivity contribution is 8.00. The number of amides is 1. The molecule has 1 saturated heterocycles. The van der Waals surface area contributed by atoms with Crippen LogP contribution >= 0.6 is 34.7 Å². The Kier molecular flexibility index (Phi) is 10.0. The third kappa shape index (κ3) is 6.97. The van der Waals surface area contributed by atoms with E-state index in [1.165, 1.54) is 35.1 Å². The molecule has 9 nitrogen and oxygen atoms in total. The fourth-order valence-electron chi connectivity index (χ4n) is 5.66. The SMILES string of the molecule is CCCCCOc1ccc(C2/C(=C(\O)c3ccc4c(c3)CC(C)O4)C(=O)C(=O)N2c2nnc(SCc3ccc(Cl)cc3)s2)cc1OC. The second-order valence-electron chi connectivity index (χ2n) is 11.4. The van der Waals surface area contributed by atoms with Gasteiger partial charge < -0.3 is 19.3 Å². The molecule has 244 valence electrons. The monoisotopic (exact) mass is 691 g/mol. The number of Topliss-reactive ketones (excluding diaryl/α,β-unsaturated/α-hetero) is 1. The molecular weight excluding hydrogens is 658 g/mol. The van der Waals surface area contributed by atoms with Gasteiger partial charge in [0.1, 0.15) is 17.6 Å². The van der Waals surface area contributed by atoms with Gasteiger partial charge in [-0.05, 0) is 72.5 Å². The first-order chi connectivity index (χ1) is 22.8. The highest BCUT2D eigenvalue weighted by Gasteiger charge is 2.48. The Morgan fingerprint density at radius 2 is 1.89 bits per heavy atom. The van der Waals surface area contributed by atoms with Crippen molar-refractivity contribution in [3.8, 4) is 17.2 Å². The fourth-order valence-corrected chi connectivity index (χ4v) is 7.61. The summed E-state index contributed by atoms with van der Waals surface area (Å²) in [4.78, 5) is 28.9. The number of anilines is 1. The fraction of sp³-hybridized carbons (Fsp3) is 0.314. The van der Waals surface area contributed by atoms with Crippen molar-refractivity contribution in [2.24, 2.45) is 0 Å². The number of carbonyl (C=O) groups excluding carboxylic acids is 2. The largest absolute Gasteiger partial charge is 0.507 e. The second-order valence-corrected chi connectivity index (χ2v) is 14.0. The Balaban J connectivity index is 1.38. The molecule has 2 aliphatic heterocycles. The van der Waals surface area contributed by atoms with E-state index in [0.717, 1.165) is 36.1 Å². The summed E-state index contributed by atoms with van der Waals surface area (Å²) in [5.74, 6) is 0.451. The number of ether oxygens (including phenoxy) is 3. The number of aliphatic hydroxyl groups is 1. The molecule has 3 aromatic carbocycles. The summed E-state index contributed by atoms with van der Waals surface area (Å²) < 4.78 is 18.1. The molecule has 2 atom stereocenters. The number of unbranched alkanes of at least 4 members (excludes halogenated alkanes) is 2. The highest BCUT2D eigenvalue weighted by atomic mass is 35.5. The number of methoxy groups -OCH3 is 1. The lowest BCUT2D eigenvalue weighted by molar-refractivity contribution is -0.132. The average molecular weight is 692 g/mol. The van der Waals surface area contributed by atoms with E-state index in [1.807, 2.05) is 37.3 Å². The molecule has 47 heavy (non-hydrogen) atoms. The van der Waals surface area contributed by atoms with Gasteiger partial charge in [-0.2, -0.15) is 0 Å². The number of hydrogen-bond acceptors (Lipinski definition) is 10. The maximum Gasteiger partial charge on any atom is 0.301 e. The van der Waals surface area contributed by atoms with Crippen LogP contribution in [0.4, 0.5) is 5.13 Å². The minimum Gasteiger partial charge on any atom is -0.507 e. The molecule has 3 heterocycles. The van der Waals surface area contributed by atoms with Crippen LogP contribution in [0.25, 0.3) is 5.76 Å². The summed E-state index contributed by atoms with van der Waals surface area (Å²) in [5, 5.41) is 21.3. The van der Waals surface area contributed by atoms with Gasteiger partial charge in [-0.15, -0.1) is 10.2 Å². The minimum absolute atomic E-state index is 0.00677. The number of nitrogens with zero attached hydrogens (tertiary/aromatic N) is 3. The smallest absolute Gasteiger partial charge is 0.301 e. The maximum absolute atomic E-state index is 13.8. The van der Waals surface area contributed by atoms with Crippen molar-refractivity contribution in [1.29, 1.82) is 0 Å². The van der Waals surface area contributed by atoms with E-state index < -0.39 is 17.7 Å². The zero-order chi connectivity index (χ0) is 33.1. The normalized spacial score (nSPS) is 18.3. The summed E-state index contributed by atoms with van der Waals surface area (Å²) in [6.07, 6.45) is 3.70. The van der Waals surface area contributed by atoms with Crippen molar-refractivity contribution < 1.29 is 28.9 Å². The van der Waals surface area contributed by atoms with Crippen LogP contribution in [-0.4, -0.2) is 46.8 Å². The van der Waals surface area contributed by atoms with Gasteiger partial charge in [0.25, 0.3) is 5.78 Å². The van der Waals surface area contributed by atoms with Crippen LogP contribution in [-0.2, 0) is 21.8 Å². The van der Waals surface area contributed by atoms with Crippen LogP contribution < -0.4 is 19.1 Å². The van der Waals surface area contributed by atoms with E-state index in [2.05, 4.69) is 17.1 Å². The topological polar surface area (TPSA) is 111 Å². The van der Waals surface area contributed by atoms with Crippen LogP contribution in [0.15, 0.2) is 70.6 Å². The summed E-state index contributed by atoms with van der Waals surface area (Å²) in [6, 6.07) is 17.1. The third-order valence-corrected chi connectivity index (χ3v) is 10.4. The molecule has 0 bridgehead atoms. The van der Waals surface area contributed by atoms with Gasteiger partial charge in [-0.25, -0.2) is 0 Å². The first-order valence-electron chi connectivity index (χ1n) is 15.4. The van der Waals surface area contributed by atoms with Crippen LogP contribution in [0, 0.1) is 0 Å². The van der Waals surface area contributed by atoms with Crippen molar-refractivity contribution in [2.45, 2.75) is 61.8 Å². The molecule has 2 aliphatic rings. The summed E-state index contributed by atoms with van der Waals surface area (Å²) in [7, 11) is 1.54. The van der Waals surface area contributed by atoms with Crippen molar-refractivity contribution >= 4 is 57.3 Å². The molecule has 1 fully saturated rings. The molecule has 1 aromatic heterocycles. The van der Waals surface area contributed by atoms with Crippen LogP contribution in [0.5, 0.6) is 17.2 Å². The summed E-state index contributed by atoms with van der Waals surface area (Å²) in [6.45, 7) is 4.63. The molecule has 2 unspecified atom stereocenters. The van der Waals surface area contributed by atoms with Crippen molar-refractivity contribution in [1.82, 2.24) is 10.2 Å². The maximum atomic E-state index is 13.8. The molecule has 0 radical (unpaired) electrons. The first kappa shape index (κ1) is 32.9. The van der Waals surface area contributed by atoms with E-state index in [9.17, 15) is 14.7 Å². The number of thioether (sulfide) groups is 1. The van der Waals surface area contributed by atoms with Crippen LogP contribution in [0.2, 0.25) is 5.02 Å². The minimum atomic E-state index is -0.997. The number of carbonyl (C=O) groups is 2. The lowest BCUT2D eigenvalue weighted by Gasteiger charge is -2.23. The van der Waals surface area contributed by atoms with Crippen molar-refractivity contribution in [3.63, 3.8) is 0 Å². The lowest BCUT2D eigenvalue weighted by Crippen LogP contribution is -2.29. The number of benzene rings is 3. The van der Waals surface area contributed by atoms with Gasteiger partial charge >= 0.3 is 5.91 Å². The zero-order valence-corrected chi connectivity index (χ0v) is 28.6. The van der Waals surface area contributed by atoms with E-state index >= 15 is 0 Å². The Hall–Kier alpha value is -4.06. The number of ketones is 1. The van der Waals surface area contributed by atoms with Gasteiger partial charge in [-0.1, -0.05) is 72.7 Å². The Labute approximate surface area is 286 Å². The van der Waals surface area contributed by atoms with Gasteiger partial charge in [-0.3, -0.25) is 14.5 Å². The van der Waals surface area contributed by atoms with Crippen LogP contribution in [0.1, 0.15) is 61.4 Å². The highest BCUT2D eigenvalue weighted by Crippen LogP contribution is 2.46. The molecule has 1 amide bonds. The molecule has 0 saturated carbocycles. The van der Waals surface area contributed by atoms with E-state index in [0.29, 0.717) is 50.8 Å². The second kappa shape index (κ2) is 14.4. The average Bonchev–Trinajstić information content (AvgIpc) is 3.77. The number of fused-ring (bicyclic) bond motifs is 1. The number of aliphatic hydroxyl groups excluding tert-OH is 1. The summed E-state index contributed by atoms with van der Waals surface area (Å²) >= 11 is 8.69. The van der Waals surface area contributed by atoms with E-state index in [-0.39, 0.29) is 22.6 Å². The number of aromatic nitrogens is 2. The van der Waals surface area contributed by atoms with Crippen molar-refractivity contribution in [3.05, 3.63) is 93.5 Å². The lowest BCUT2D eigenvalue weighted by atomic mass is 9.94. The Bertz CT molecular complexity index is 1830. The standard InChI is InChI=1S/C35H34ClN3O6S2/c1-4-5-6-15-44-27-14-9-22(18-28(27)43-3)30-29(31(40)23-10-13-26-24(17-23)16-20(2)45-26)32(41)33(42)39(30)34-37-38-35(47-34)46-19-21-7-11-25(36)12-8-21/h7-14,17-18,20,30,40H,4-6,15-16,19H2,1-3H3/b31-29+. The third-order valence-electron chi connectivity index (χ3n) is 8.00. The predicted molar refractivity (Wildman–Crippen MR) is 184 cm³/mol. The molecule has 12 heteroatoms. The van der Waals surface area contributed by atoms with Gasteiger partial charge in [0.2, 0.25) is 5.13 Å². The van der Waals surface area contributed by atoms with E-state index in [1.54, 1.807) is 30.3 Å². The first-order valence-corrected chi connectivity index (χ1v) is 17.6. The molecule has 4 aromatic rings. The number of halogens is 1.